The van der Waals surface area contributed by atoms with Crippen molar-refractivity contribution in [1.82, 2.24) is 10.2 Å². The average Bonchev–Trinajstić information content (AvgIpc) is 2.79. The van der Waals surface area contributed by atoms with Gasteiger partial charge in [0.25, 0.3) is 0 Å². The molecule has 2 N–H and O–H groups in total. The number of hydrogen-bond donors (Lipinski definition) is 2. The minimum atomic E-state index is 0.00834. The second-order valence-corrected chi connectivity index (χ2v) is 9.24. The van der Waals surface area contributed by atoms with Gasteiger partial charge in [-0.15, -0.1) is 0 Å². The molecule has 2 fully saturated rings. The lowest BCUT2D eigenvalue weighted by Crippen LogP contribution is -2.55. The summed E-state index contributed by atoms with van der Waals surface area (Å²) in [5.74, 6) is 0.267. The third-order valence-electron chi connectivity index (χ3n) is 6.22. The predicted molar refractivity (Wildman–Crippen MR) is 129 cm³/mol. The molecule has 0 spiro atoms. The summed E-state index contributed by atoms with van der Waals surface area (Å²) < 4.78 is 0. The van der Waals surface area contributed by atoms with Gasteiger partial charge in [-0.05, 0) is 62.2 Å². The molecule has 0 unspecified atom stereocenters. The number of carbonyl (C=O) groups excluding carboxylic acids is 1. The van der Waals surface area contributed by atoms with Crippen molar-refractivity contribution >= 4 is 40.5 Å². The van der Waals surface area contributed by atoms with Crippen molar-refractivity contribution in [1.29, 1.82) is 0 Å². The standard InChI is InChI=1S/C24H30Cl2N4O/c1-17(21-9-8-18(25)15-22(21)26)28-19-5-4-6-20(16-19)29-11-13-30(14-12-29)24(31)23-7-2-3-10-27-23/h4-6,8-9,15-17,23,27-28H,2-3,7,10-14H2,1H3/t17-,23-/m1/s1. The zero-order valence-corrected chi connectivity index (χ0v) is 19.4. The molecule has 0 aliphatic carbocycles. The minimum absolute atomic E-state index is 0.00834. The lowest BCUT2D eigenvalue weighted by molar-refractivity contribution is -0.134. The van der Waals surface area contributed by atoms with E-state index < -0.39 is 0 Å². The van der Waals surface area contributed by atoms with E-state index in [1.54, 1.807) is 6.07 Å². The van der Waals surface area contributed by atoms with E-state index in [2.05, 4.69) is 46.7 Å². The number of anilines is 2. The molecule has 5 nitrogen and oxygen atoms in total. The molecule has 2 aromatic rings. The summed E-state index contributed by atoms with van der Waals surface area (Å²) in [7, 11) is 0. The normalized spacial score (nSPS) is 20.4. The predicted octanol–water partition coefficient (Wildman–Crippen LogP) is 4.96. The maximum Gasteiger partial charge on any atom is 0.239 e. The number of rotatable bonds is 5. The average molecular weight is 461 g/mol. The van der Waals surface area contributed by atoms with Crippen molar-refractivity contribution in [3.05, 3.63) is 58.1 Å². The van der Waals surface area contributed by atoms with E-state index >= 15 is 0 Å². The molecule has 0 radical (unpaired) electrons. The summed E-state index contributed by atoms with van der Waals surface area (Å²) in [6.07, 6.45) is 3.27. The summed E-state index contributed by atoms with van der Waals surface area (Å²) in [6.45, 7) is 6.28. The first-order valence-electron chi connectivity index (χ1n) is 11.1. The molecule has 2 heterocycles. The number of piperazine rings is 1. The number of piperidine rings is 1. The molecule has 166 valence electrons. The first kappa shape index (κ1) is 22.3. The van der Waals surface area contributed by atoms with Crippen LogP contribution in [0.2, 0.25) is 10.0 Å². The Morgan fingerprint density at radius 2 is 1.90 bits per heavy atom. The van der Waals surface area contributed by atoms with Crippen LogP contribution in [0.4, 0.5) is 11.4 Å². The minimum Gasteiger partial charge on any atom is -0.378 e. The molecule has 4 rings (SSSR count). The van der Waals surface area contributed by atoms with Crippen LogP contribution in [0.15, 0.2) is 42.5 Å². The smallest absolute Gasteiger partial charge is 0.239 e. The van der Waals surface area contributed by atoms with Gasteiger partial charge in [0.1, 0.15) is 0 Å². The molecule has 2 aromatic carbocycles. The van der Waals surface area contributed by atoms with Gasteiger partial charge < -0.3 is 20.4 Å². The molecule has 2 saturated heterocycles. The van der Waals surface area contributed by atoms with E-state index in [1.165, 1.54) is 12.1 Å². The second kappa shape index (κ2) is 10.1. The van der Waals surface area contributed by atoms with Crippen LogP contribution in [0.5, 0.6) is 0 Å². The fraction of sp³-hybridized carbons (Fsp3) is 0.458. The first-order valence-corrected chi connectivity index (χ1v) is 11.9. The molecule has 0 aromatic heterocycles. The van der Waals surface area contributed by atoms with Crippen LogP contribution in [0.25, 0.3) is 0 Å². The molecule has 0 bridgehead atoms. The number of carbonyl (C=O) groups is 1. The quantitative estimate of drug-likeness (QED) is 0.661. The van der Waals surface area contributed by atoms with Gasteiger partial charge in [-0.25, -0.2) is 0 Å². The highest BCUT2D eigenvalue weighted by Crippen LogP contribution is 2.30. The maximum absolute atomic E-state index is 12.8. The molecular formula is C24H30Cl2N4O. The zero-order valence-electron chi connectivity index (χ0n) is 17.9. The summed E-state index contributed by atoms with van der Waals surface area (Å²) in [6, 6.07) is 14.1. The number of benzene rings is 2. The largest absolute Gasteiger partial charge is 0.378 e. The molecule has 2 aliphatic rings. The highest BCUT2D eigenvalue weighted by atomic mass is 35.5. The van der Waals surface area contributed by atoms with Gasteiger partial charge in [0.2, 0.25) is 5.91 Å². The second-order valence-electron chi connectivity index (χ2n) is 8.40. The highest BCUT2D eigenvalue weighted by Gasteiger charge is 2.28. The van der Waals surface area contributed by atoms with Gasteiger partial charge >= 0.3 is 0 Å². The highest BCUT2D eigenvalue weighted by molar-refractivity contribution is 6.35. The monoisotopic (exact) mass is 460 g/mol. The maximum atomic E-state index is 12.8. The van der Waals surface area contributed by atoms with Gasteiger partial charge in [0.05, 0.1) is 6.04 Å². The zero-order chi connectivity index (χ0) is 21.8. The Bertz CT molecular complexity index is 908. The van der Waals surface area contributed by atoms with Crippen molar-refractivity contribution in [3.8, 4) is 0 Å². The number of hydrogen-bond acceptors (Lipinski definition) is 4. The summed E-state index contributed by atoms with van der Waals surface area (Å²) in [4.78, 5) is 17.1. The summed E-state index contributed by atoms with van der Waals surface area (Å²) in [5.41, 5.74) is 3.23. The van der Waals surface area contributed by atoms with Crippen molar-refractivity contribution in [2.24, 2.45) is 0 Å². The Labute approximate surface area is 194 Å². The van der Waals surface area contributed by atoms with Crippen LogP contribution >= 0.6 is 23.2 Å². The number of nitrogens with zero attached hydrogens (tertiary/aromatic N) is 2. The van der Waals surface area contributed by atoms with Gasteiger partial charge in [-0.3, -0.25) is 4.79 Å². The van der Waals surface area contributed by atoms with Gasteiger partial charge in [0.15, 0.2) is 0 Å². The van der Waals surface area contributed by atoms with Crippen LogP contribution in [-0.2, 0) is 4.79 Å². The third kappa shape index (κ3) is 5.46. The van der Waals surface area contributed by atoms with Crippen molar-refractivity contribution in [3.63, 3.8) is 0 Å². The van der Waals surface area contributed by atoms with E-state index in [1.807, 2.05) is 17.0 Å². The van der Waals surface area contributed by atoms with Crippen molar-refractivity contribution in [2.75, 3.05) is 42.9 Å². The molecule has 0 saturated carbocycles. The molecule has 2 atom stereocenters. The third-order valence-corrected chi connectivity index (χ3v) is 6.79. The van der Waals surface area contributed by atoms with Crippen molar-refractivity contribution in [2.45, 2.75) is 38.3 Å². The van der Waals surface area contributed by atoms with E-state index in [4.69, 9.17) is 23.2 Å². The summed E-state index contributed by atoms with van der Waals surface area (Å²) >= 11 is 12.4. The number of amides is 1. The SMILES string of the molecule is C[C@@H](Nc1cccc(N2CCN(C(=O)[C@H]3CCCCN3)CC2)c1)c1ccc(Cl)cc1Cl. The lowest BCUT2D eigenvalue weighted by Gasteiger charge is -2.38. The molecule has 1 amide bonds. The molecular weight excluding hydrogens is 431 g/mol. The number of halogens is 2. The van der Waals surface area contributed by atoms with E-state index in [9.17, 15) is 4.79 Å². The Balaban J connectivity index is 1.36. The van der Waals surface area contributed by atoms with E-state index in [-0.39, 0.29) is 18.0 Å². The molecule has 2 aliphatic heterocycles. The van der Waals surface area contributed by atoms with Crippen LogP contribution < -0.4 is 15.5 Å². The Kier molecular flexibility index (Phi) is 7.26. The fourth-order valence-corrected chi connectivity index (χ4v) is 5.01. The van der Waals surface area contributed by atoms with Gasteiger partial charge in [0, 0.05) is 53.6 Å². The Hall–Kier alpha value is -1.95. The molecule has 31 heavy (non-hydrogen) atoms. The van der Waals surface area contributed by atoms with Crippen LogP contribution in [0, 0.1) is 0 Å². The fourth-order valence-electron chi connectivity index (χ4n) is 4.44. The Morgan fingerprint density at radius 3 is 2.61 bits per heavy atom. The Morgan fingerprint density at radius 1 is 1.10 bits per heavy atom. The first-order chi connectivity index (χ1) is 15.0. The van der Waals surface area contributed by atoms with Crippen molar-refractivity contribution < 1.29 is 4.79 Å². The molecule has 7 heteroatoms. The van der Waals surface area contributed by atoms with E-state index in [0.717, 1.165) is 56.8 Å². The van der Waals surface area contributed by atoms with Crippen LogP contribution in [0.3, 0.4) is 0 Å². The lowest BCUT2D eigenvalue weighted by atomic mass is 10.0. The topological polar surface area (TPSA) is 47.6 Å². The van der Waals surface area contributed by atoms with Gasteiger partial charge in [-0.2, -0.15) is 0 Å². The van der Waals surface area contributed by atoms with Gasteiger partial charge in [-0.1, -0.05) is 41.8 Å². The van der Waals surface area contributed by atoms with Crippen LogP contribution in [0.1, 0.15) is 37.8 Å². The van der Waals surface area contributed by atoms with E-state index in [0.29, 0.717) is 10.0 Å². The summed E-state index contributed by atoms with van der Waals surface area (Å²) in [5, 5.41) is 8.22. The van der Waals surface area contributed by atoms with Crippen LogP contribution in [-0.4, -0.2) is 49.6 Å². The number of nitrogens with one attached hydrogen (secondary N) is 2.